The van der Waals surface area contributed by atoms with Crippen LogP contribution in [0.15, 0.2) is 79.3 Å². The molecule has 0 saturated heterocycles. The van der Waals surface area contributed by atoms with E-state index in [2.05, 4.69) is 16.0 Å². The number of nitriles is 1. The Labute approximate surface area is 183 Å². The molecule has 1 heterocycles. The topological polar surface area (TPSA) is 81.9 Å². The van der Waals surface area contributed by atoms with Gasteiger partial charge in [0, 0.05) is 10.0 Å². The van der Waals surface area contributed by atoms with E-state index in [0.29, 0.717) is 43.9 Å². The van der Waals surface area contributed by atoms with Crippen LogP contribution in [0.5, 0.6) is 11.5 Å². The highest BCUT2D eigenvalue weighted by Gasteiger charge is 2.36. The fourth-order valence-electron chi connectivity index (χ4n) is 3.20. The number of imidazole rings is 1. The van der Waals surface area contributed by atoms with Crippen molar-refractivity contribution in [2.24, 2.45) is 0 Å². The highest BCUT2D eigenvalue weighted by atomic mass is 35.5. The largest absolute Gasteiger partial charge is 0.456 e. The van der Waals surface area contributed by atoms with Gasteiger partial charge in [0.1, 0.15) is 17.6 Å². The molecule has 0 saturated carbocycles. The van der Waals surface area contributed by atoms with E-state index in [1.165, 1.54) is 6.33 Å². The van der Waals surface area contributed by atoms with Gasteiger partial charge in [0.05, 0.1) is 23.8 Å². The summed E-state index contributed by atoms with van der Waals surface area (Å²) in [5, 5.41) is 22.4. The summed E-state index contributed by atoms with van der Waals surface area (Å²) in [7, 11) is 0. The third kappa shape index (κ3) is 3.77. The highest BCUT2D eigenvalue weighted by Crippen LogP contribution is 2.39. The zero-order chi connectivity index (χ0) is 21.1. The highest BCUT2D eigenvalue weighted by molar-refractivity contribution is 6.30. The lowest BCUT2D eigenvalue weighted by molar-refractivity contribution is 0.121. The van der Waals surface area contributed by atoms with E-state index < -0.39 is 5.60 Å². The van der Waals surface area contributed by atoms with Crippen molar-refractivity contribution in [2.45, 2.75) is 5.60 Å². The first kappa shape index (κ1) is 20.0. The molecule has 1 unspecified atom stereocenters. The van der Waals surface area contributed by atoms with Crippen LogP contribution >= 0.6 is 23.2 Å². The Kier molecular flexibility index (Phi) is 5.47. The lowest BCUT2D eigenvalue weighted by Crippen LogP contribution is -2.29. The number of nitrogens with one attached hydrogen (secondary N) is 1. The number of aliphatic hydroxyl groups is 1. The predicted octanol–water partition coefficient (Wildman–Crippen LogP) is 5.66. The number of benzene rings is 3. The summed E-state index contributed by atoms with van der Waals surface area (Å²) in [4.78, 5) is 7.03. The predicted molar refractivity (Wildman–Crippen MR) is 115 cm³/mol. The minimum absolute atomic E-state index is 0.296. The summed E-state index contributed by atoms with van der Waals surface area (Å²) in [5.74, 6) is 0.775. The molecule has 1 aromatic heterocycles. The maximum absolute atomic E-state index is 11.8. The van der Waals surface area contributed by atoms with E-state index in [9.17, 15) is 10.4 Å². The molecule has 5 nitrogen and oxygen atoms in total. The van der Waals surface area contributed by atoms with Crippen LogP contribution in [0.1, 0.15) is 22.4 Å². The van der Waals surface area contributed by atoms with Crippen molar-refractivity contribution in [3.05, 3.63) is 112 Å². The number of rotatable bonds is 5. The number of hydrogen-bond acceptors (Lipinski definition) is 4. The quantitative estimate of drug-likeness (QED) is 0.423. The Morgan fingerprint density at radius 2 is 1.73 bits per heavy atom. The number of ether oxygens (including phenoxy) is 1. The van der Waals surface area contributed by atoms with E-state index in [1.54, 1.807) is 72.9 Å². The Morgan fingerprint density at radius 1 is 0.967 bits per heavy atom. The SMILES string of the molecule is N#Cc1ccc(C(O)(c2ccc(Cl)cc2)c2cnc[nH]2)cc1Oc1cccc(Cl)c1. The monoisotopic (exact) mass is 435 g/mol. The average Bonchev–Trinajstić information content (AvgIpc) is 3.29. The van der Waals surface area contributed by atoms with E-state index in [4.69, 9.17) is 27.9 Å². The van der Waals surface area contributed by atoms with E-state index >= 15 is 0 Å². The summed E-state index contributed by atoms with van der Waals surface area (Å²) in [5.41, 5.74) is 0.284. The fraction of sp³-hybridized carbons (Fsp3) is 0.0435. The van der Waals surface area contributed by atoms with E-state index in [1.807, 2.05) is 0 Å². The van der Waals surface area contributed by atoms with E-state index in [-0.39, 0.29) is 0 Å². The van der Waals surface area contributed by atoms with Crippen LogP contribution in [-0.4, -0.2) is 15.1 Å². The summed E-state index contributed by atoms with van der Waals surface area (Å²) >= 11 is 12.1. The van der Waals surface area contributed by atoms with Crippen LogP contribution in [0.4, 0.5) is 0 Å². The molecule has 0 spiro atoms. The van der Waals surface area contributed by atoms with Gasteiger partial charge in [-0.1, -0.05) is 47.5 Å². The minimum Gasteiger partial charge on any atom is -0.456 e. The molecular formula is C23H15Cl2N3O2. The van der Waals surface area contributed by atoms with Gasteiger partial charge in [-0.25, -0.2) is 4.98 Å². The molecule has 0 aliphatic rings. The van der Waals surface area contributed by atoms with E-state index in [0.717, 1.165) is 0 Å². The molecule has 0 bridgehead atoms. The second kappa shape index (κ2) is 8.21. The Morgan fingerprint density at radius 3 is 2.40 bits per heavy atom. The molecule has 3 aromatic carbocycles. The summed E-state index contributed by atoms with van der Waals surface area (Å²) in [6.07, 6.45) is 3.04. The number of aromatic nitrogens is 2. The van der Waals surface area contributed by atoms with Crippen LogP contribution < -0.4 is 4.74 Å². The lowest BCUT2D eigenvalue weighted by Gasteiger charge is -2.29. The number of H-pyrrole nitrogens is 1. The summed E-state index contributed by atoms with van der Waals surface area (Å²) < 4.78 is 5.92. The van der Waals surface area contributed by atoms with Crippen molar-refractivity contribution in [1.29, 1.82) is 5.26 Å². The molecule has 7 heteroatoms. The van der Waals surface area contributed by atoms with Crippen molar-refractivity contribution in [2.75, 3.05) is 0 Å². The van der Waals surface area contributed by atoms with Crippen molar-refractivity contribution in [3.63, 3.8) is 0 Å². The van der Waals surface area contributed by atoms with Gasteiger partial charge in [-0.15, -0.1) is 0 Å². The summed E-state index contributed by atoms with van der Waals surface area (Å²) in [6, 6.07) is 20.8. The molecule has 4 rings (SSSR count). The van der Waals surface area contributed by atoms with Gasteiger partial charge in [-0.05, 0) is 53.6 Å². The molecule has 148 valence electrons. The molecule has 4 aromatic rings. The fourth-order valence-corrected chi connectivity index (χ4v) is 3.51. The van der Waals surface area contributed by atoms with Gasteiger partial charge < -0.3 is 14.8 Å². The van der Waals surface area contributed by atoms with Crippen LogP contribution in [0.2, 0.25) is 10.0 Å². The second-order valence-electron chi connectivity index (χ2n) is 6.56. The second-order valence-corrected chi connectivity index (χ2v) is 7.44. The maximum Gasteiger partial charge on any atom is 0.156 e. The number of aromatic amines is 1. The van der Waals surface area contributed by atoms with Gasteiger partial charge in [0.15, 0.2) is 5.60 Å². The average molecular weight is 436 g/mol. The maximum atomic E-state index is 11.8. The standard InChI is InChI=1S/C23H15Cl2N3O2/c24-18-8-6-16(7-9-18)23(29,22-13-27-14-28-22)17-5-4-15(12-26)21(10-17)30-20-3-1-2-19(25)11-20/h1-11,13-14,29H,(H,27,28). The molecule has 1 atom stereocenters. The minimum atomic E-state index is -1.57. The molecule has 0 aliphatic heterocycles. The molecule has 30 heavy (non-hydrogen) atoms. The van der Waals surface area contributed by atoms with Crippen LogP contribution in [0.3, 0.4) is 0 Å². The first-order valence-electron chi connectivity index (χ1n) is 8.96. The third-order valence-corrected chi connectivity index (χ3v) is 5.18. The number of halogens is 2. The van der Waals surface area contributed by atoms with Gasteiger partial charge in [-0.2, -0.15) is 5.26 Å². The zero-order valence-corrected chi connectivity index (χ0v) is 17.0. The number of hydrogen-bond donors (Lipinski definition) is 2. The van der Waals surface area contributed by atoms with Crippen molar-refractivity contribution in [3.8, 4) is 17.6 Å². The Hall–Kier alpha value is -3.30. The molecule has 0 fully saturated rings. The van der Waals surface area contributed by atoms with Crippen LogP contribution in [0.25, 0.3) is 0 Å². The Bertz CT molecular complexity index is 1220. The number of nitrogens with zero attached hydrogens (tertiary/aromatic N) is 2. The van der Waals surface area contributed by atoms with Crippen LogP contribution in [0, 0.1) is 11.3 Å². The first-order chi connectivity index (χ1) is 14.5. The van der Waals surface area contributed by atoms with Crippen molar-refractivity contribution in [1.82, 2.24) is 9.97 Å². The smallest absolute Gasteiger partial charge is 0.156 e. The third-order valence-electron chi connectivity index (χ3n) is 4.69. The summed E-state index contributed by atoms with van der Waals surface area (Å²) in [6.45, 7) is 0. The van der Waals surface area contributed by atoms with Crippen molar-refractivity contribution >= 4 is 23.2 Å². The normalized spacial score (nSPS) is 12.7. The van der Waals surface area contributed by atoms with Crippen molar-refractivity contribution < 1.29 is 9.84 Å². The zero-order valence-electron chi connectivity index (χ0n) is 15.5. The first-order valence-corrected chi connectivity index (χ1v) is 9.71. The molecule has 0 aliphatic carbocycles. The van der Waals surface area contributed by atoms with Gasteiger partial charge in [0.25, 0.3) is 0 Å². The van der Waals surface area contributed by atoms with Gasteiger partial charge in [0.2, 0.25) is 0 Å². The molecule has 2 N–H and O–H groups in total. The molecule has 0 radical (unpaired) electrons. The van der Waals surface area contributed by atoms with Gasteiger partial charge in [-0.3, -0.25) is 0 Å². The Balaban J connectivity index is 1.86. The molecular weight excluding hydrogens is 421 g/mol. The van der Waals surface area contributed by atoms with Crippen LogP contribution in [-0.2, 0) is 5.60 Å². The molecule has 0 amide bonds. The van der Waals surface area contributed by atoms with Gasteiger partial charge >= 0.3 is 0 Å². The lowest BCUT2D eigenvalue weighted by atomic mass is 9.83.